The highest BCUT2D eigenvalue weighted by Crippen LogP contribution is 2.32. The van der Waals surface area contributed by atoms with E-state index in [2.05, 4.69) is 20.6 Å². The lowest BCUT2D eigenvalue weighted by atomic mass is 10.2. The quantitative estimate of drug-likeness (QED) is 0.489. The first-order valence-corrected chi connectivity index (χ1v) is 7.80. The molecule has 23 heavy (non-hydrogen) atoms. The first-order valence-electron chi connectivity index (χ1n) is 7.05. The van der Waals surface area contributed by atoms with Crippen molar-refractivity contribution < 1.29 is 0 Å². The highest BCUT2D eigenvalue weighted by Gasteiger charge is 2.13. The maximum absolute atomic E-state index is 6.11. The second kappa shape index (κ2) is 5.69. The van der Waals surface area contributed by atoms with Crippen molar-refractivity contribution in [3.63, 3.8) is 0 Å². The SMILES string of the molecule is Clc1ccc(-n2c(-c3cncc(Cl)c3)cc3ccncc32)cc1. The summed E-state index contributed by atoms with van der Waals surface area (Å²) in [6, 6.07) is 13.7. The van der Waals surface area contributed by atoms with E-state index in [-0.39, 0.29) is 0 Å². The summed E-state index contributed by atoms with van der Waals surface area (Å²) in [4.78, 5) is 8.45. The fourth-order valence-corrected chi connectivity index (χ4v) is 2.98. The smallest absolute Gasteiger partial charge is 0.0718 e. The Morgan fingerprint density at radius 2 is 1.61 bits per heavy atom. The first-order chi connectivity index (χ1) is 11.2. The Hall–Kier alpha value is -2.36. The van der Waals surface area contributed by atoms with Gasteiger partial charge < -0.3 is 4.57 Å². The van der Waals surface area contributed by atoms with Gasteiger partial charge in [-0.25, -0.2) is 0 Å². The topological polar surface area (TPSA) is 30.7 Å². The molecule has 0 atom stereocenters. The number of benzene rings is 1. The van der Waals surface area contributed by atoms with Crippen LogP contribution in [-0.2, 0) is 0 Å². The molecule has 3 nitrogen and oxygen atoms in total. The standard InChI is InChI=1S/C18H11Cl2N3/c19-14-1-3-16(4-2-14)23-17(13-7-15(20)10-22-9-13)8-12-5-6-21-11-18(12)23/h1-11H. The van der Waals surface area contributed by atoms with Gasteiger partial charge in [-0.05, 0) is 42.5 Å². The van der Waals surface area contributed by atoms with Gasteiger partial charge in [0, 0.05) is 40.3 Å². The lowest BCUT2D eigenvalue weighted by Gasteiger charge is -2.11. The number of pyridine rings is 2. The fourth-order valence-electron chi connectivity index (χ4n) is 2.68. The minimum absolute atomic E-state index is 0.605. The molecule has 0 unspecified atom stereocenters. The van der Waals surface area contributed by atoms with Gasteiger partial charge in [0.1, 0.15) is 0 Å². The van der Waals surface area contributed by atoms with Gasteiger partial charge in [-0.15, -0.1) is 0 Å². The van der Waals surface area contributed by atoms with Crippen molar-refractivity contribution in [2.24, 2.45) is 0 Å². The fraction of sp³-hybridized carbons (Fsp3) is 0. The monoisotopic (exact) mass is 339 g/mol. The van der Waals surface area contributed by atoms with Crippen molar-refractivity contribution in [2.45, 2.75) is 0 Å². The van der Waals surface area contributed by atoms with Gasteiger partial charge in [-0.3, -0.25) is 9.97 Å². The third kappa shape index (κ3) is 2.58. The van der Waals surface area contributed by atoms with Crippen molar-refractivity contribution in [2.75, 3.05) is 0 Å². The van der Waals surface area contributed by atoms with Crippen LogP contribution >= 0.6 is 23.2 Å². The van der Waals surface area contributed by atoms with Crippen LogP contribution in [-0.4, -0.2) is 14.5 Å². The average molecular weight is 340 g/mol. The summed E-state index contributed by atoms with van der Waals surface area (Å²) in [5.74, 6) is 0. The molecular weight excluding hydrogens is 329 g/mol. The molecule has 0 aliphatic carbocycles. The molecule has 1 aromatic carbocycles. The van der Waals surface area contributed by atoms with E-state index in [9.17, 15) is 0 Å². The summed E-state index contributed by atoms with van der Waals surface area (Å²) >= 11 is 12.1. The van der Waals surface area contributed by atoms with E-state index in [0.717, 1.165) is 27.8 Å². The van der Waals surface area contributed by atoms with E-state index in [1.165, 1.54) is 0 Å². The number of aromatic nitrogens is 3. The van der Waals surface area contributed by atoms with Crippen LogP contribution in [0.15, 0.2) is 67.3 Å². The van der Waals surface area contributed by atoms with Gasteiger partial charge in [-0.1, -0.05) is 23.2 Å². The van der Waals surface area contributed by atoms with Crippen LogP contribution in [0.25, 0.3) is 27.8 Å². The Morgan fingerprint density at radius 3 is 2.39 bits per heavy atom. The van der Waals surface area contributed by atoms with Gasteiger partial charge in [0.15, 0.2) is 0 Å². The molecule has 0 saturated carbocycles. The summed E-state index contributed by atoms with van der Waals surface area (Å²) in [6.07, 6.45) is 7.07. The third-order valence-corrected chi connectivity index (χ3v) is 4.15. The third-order valence-electron chi connectivity index (χ3n) is 3.69. The Balaban J connectivity index is 2.04. The zero-order valence-electron chi connectivity index (χ0n) is 11.9. The normalized spacial score (nSPS) is 11.0. The Kier molecular flexibility index (Phi) is 3.52. The molecule has 0 saturated heterocycles. The molecule has 112 valence electrons. The predicted molar refractivity (Wildman–Crippen MR) is 94.3 cm³/mol. The average Bonchev–Trinajstić information content (AvgIpc) is 2.95. The molecule has 0 radical (unpaired) electrons. The largest absolute Gasteiger partial charge is 0.308 e. The highest BCUT2D eigenvalue weighted by molar-refractivity contribution is 6.31. The molecule has 0 bridgehead atoms. The number of nitrogens with zero attached hydrogens (tertiary/aromatic N) is 3. The maximum Gasteiger partial charge on any atom is 0.0718 e. The number of hydrogen-bond donors (Lipinski definition) is 0. The second-order valence-electron chi connectivity index (χ2n) is 5.17. The first kappa shape index (κ1) is 14.2. The van der Waals surface area contributed by atoms with E-state index in [1.54, 1.807) is 18.6 Å². The molecule has 0 spiro atoms. The minimum atomic E-state index is 0.605. The molecule has 4 rings (SSSR count). The van der Waals surface area contributed by atoms with E-state index < -0.39 is 0 Å². The van der Waals surface area contributed by atoms with Gasteiger partial charge in [0.2, 0.25) is 0 Å². The summed E-state index contributed by atoms with van der Waals surface area (Å²) in [6.45, 7) is 0. The predicted octanol–water partition coefficient (Wildman–Crippen LogP) is 5.39. The second-order valence-corrected chi connectivity index (χ2v) is 6.04. The van der Waals surface area contributed by atoms with Crippen LogP contribution in [0, 0.1) is 0 Å². The molecule has 0 amide bonds. The van der Waals surface area contributed by atoms with Crippen LogP contribution in [0.2, 0.25) is 10.0 Å². The number of hydrogen-bond acceptors (Lipinski definition) is 2. The maximum atomic E-state index is 6.11. The van der Waals surface area contributed by atoms with Crippen LogP contribution in [0.4, 0.5) is 0 Å². The highest BCUT2D eigenvalue weighted by atomic mass is 35.5. The zero-order chi connectivity index (χ0) is 15.8. The summed E-state index contributed by atoms with van der Waals surface area (Å²) in [7, 11) is 0. The zero-order valence-corrected chi connectivity index (χ0v) is 13.5. The van der Waals surface area contributed by atoms with Gasteiger partial charge in [0.25, 0.3) is 0 Å². The van der Waals surface area contributed by atoms with Gasteiger partial charge in [0.05, 0.1) is 22.4 Å². The Bertz CT molecular complexity index is 991. The van der Waals surface area contributed by atoms with Crippen molar-refractivity contribution >= 4 is 34.1 Å². The number of rotatable bonds is 2. The summed E-state index contributed by atoms with van der Waals surface area (Å²) in [5.41, 5.74) is 3.98. The molecule has 3 heterocycles. The Labute approximate surface area is 143 Å². The van der Waals surface area contributed by atoms with Gasteiger partial charge >= 0.3 is 0 Å². The van der Waals surface area contributed by atoms with Crippen LogP contribution in [0.1, 0.15) is 0 Å². The van der Waals surface area contributed by atoms with E-state index in [4.69, 9.17) is 23.2 Å². The molecule has 0 fully saturated rings. The molecule has 0 aliphatic heterocycles. The molecule has 3 aromatic heterocycles. The van der Waals surface area contributed by atoms with Crippen molar-refractivity contribution in [3.05, 3.63) is 77.3 Å². The van der Waals surface area contributed by atoms with Gasteiger partial charge in [-0.2, -0.15) is 0 Å². The lowest BCUT2D eigenvalue weighted by Crippen LogP contribution is -1.97. The van der Waals surface area contributed by atoms with Crippen molar-refractivity contribution in [1.82, 2.24) is 14.5 Å². The number of fused-ring (bicyclic) bond motifs is 1. The molecule has 0 N–H and O–H groups in total. The van der Waals surface area contributed by atoms with Crippen LogP contribution < -0.4 is 0 Å². The molecule has 4 aromatic rings. The van der Waals surface area contributed by atoms with E-state index in [0.29, 0.717) is 10.0 Å². The van der Waals surface area contributed by atoms with Crippen molar-refractivity contribution in [1.29, 1.82) is 0 Å². The summed E-state index contributed by atoms with van der Waals surface area (Å²) < 4.78 is 2.13. The molecular formula is C18H11Cl2N3. The summed E-state index contributed by atoms with van der Waals surface area (Å²) in [5, 5.41) is 2.41. The lowest BCUT2D eigenvalue weighted by molar-refractivity contribution is 1.12. The van der Waals surface area contributed by atoms with E-state index >= 15 is 0 Å². The molecule has 0 aliphatic rings. The molecule has 5 heteroatoms. The van der Waals surface area contributed by atoms with E-state index in [1.807, 2.05) is 42.6 Å². The van der Waals surface area contributed by atoms with Crippen LogP contribution in [0.5, 0.6) is 0 Å². The Morgan fingerprint density at radius 1 is 0.783 bits per heavy atom. The van der Waals surface area contributed by atoms with Crippen molar-refractivity contribution in [3.8, 4) is 16.9 Å². The minimum Gasteiger partial charge on any atom is -0.308 e. The number of halogens is 2. The van der Waals surface area contributed by atoms with Crippen LogP contribution in [0.3, 0.4) is 0 Å².